The van der Waals surface area contributed by atoms with Crippen LogP contribution in [0.1, 0.15) is 36.7 Å². The van der Waals surface area contributed by atoms with Crippen molar-refractivity contribution in [1.82, 2.24) is 0 Å². The lowest BCUT2D eigenvalue weighted by molar-refractivity contribution is -0.143. The molecule has 1 heterocycles. The highest BCUT2D eigenvalue weighted by Crippen LogP contribution is 2.35. The van der Waals surface area contributed by atoms with Crippen LogP contribution in [0.2, 0.25) is 0 Å². The topological polar surface area (TPSA) is 52.6 Å². The Morgan fingerprint density at radius 2 is 1.92 bits per heavy atom. The molecule has 0 aromatic heterocycles. The molecule has 128 valence electrons. The molecule has 2 aromatic carbocycles. The standard InChI is InChI=1S/C20H17FO4/c1-20(2,3)19(23)24-14-7-8-15-16(11-14)25-17(18(15)22)10-12-5-4-6-13(21)9-12/h4-11H,1-3H3/b17-10-. The van der Waals surface area contributed by atoms with E-state index in [0.717, 1.165) is 0 Å². The first-order chi connectivity index (χ1) is 11.7. The predicted octanol–water partition coefficient (Wildman–Crippen LogP) is 4.39. The monoisotopic (exact) mass is 340 g/mol. The summed E-state index contributed by atoms with van der Waals surface area (Å²) in [7, 11) is 0. The lowest BCUT2D eigenvalue weighted by Gasteiger charge is -2.16. The number of halogens is 1. The van der Waals surface area contributed by atoms with Crippen LogP contribution in [0.5, 0.6) is 11.5 Å². The highest BCUT2D eigenvalue weighted by Gasteiger charge is 2.29. The number of ketones is 1. The van der Waals surface area contributed by atoms with Crippen LogP contribution in [0.4, 0.5) is 4.39 Å². The molecule has 0 saturated heterocycles. The average molecular weight is 340 g/mol. The van der Waals surface area contributed by atoms with Crippen molar-refractivity contribution >= 4 is 17.8 Å². The zero-order valence-electron chi connectivity index (χ0n) is 14.1. The van der Waals surface area contributed by atoms with Crippen molar-refractivity contribution in [2.75, 3.05) is 0 Å². The average Bonchev–Trinajstić information content (AvgIpc) is 2.82. The van der Waals surface area contributed by atoms with E-state index in [9.17, 15) is 14.0 Å². The molecule has 0 amide bonds. The van der Waals surface area contributed by atoms with E-state index in [1.54, 1.807) is 45.0 Å². The van der Waals surface area contributed by atoms with Gasteiger partial charge < -0.3 is 9.47 Å². The van der Waals surface area contributed by atoms with Crippen molar-refractivity contribution in [2.45, 2.75) is 20.8 Å². The number of carbonyl (C=O) groups is 2. The van der Waals surface area contributed by atoms with E-state index in [1.807, 2.05) is 0 Å². The second-order valence-electron chi connectivity index (χ2n) is 6.79. The van der Waals surface area contributed by atoms with Gasteiger partial charge in [-0.15, -0.1) is 0 Å². The normalized spacial score (nSPS) is 15.0. The van der Waals surface area contributed by atoms with Crippen LogP contribution in [0, 0.1) is 11.2 Å². The molecule has 0 atom stereocenters. The minimum absolute atomic E-state index is 0.0971. The Bertz CT molecular complexity index is 891. The molecule has 0 unspecified atom stereocenters. The summed E-state index contributed by atoms with van der Waals surface area (Å²) in [4.78, 5) is 24.3. The fourth-order valence-electron chi connectivity index (χ4n) is 2.24. The predicted molar refractivity (Wildman–Crippen MR) is 90.9 cm³/mol. The van der Waals surface area contributed by atoms with Crippen LogP contribution in [-0.4, -0.2) is 11.8 Å². The summed E-state index contributed by atoms with van der Waals surface area (Å²) in [6.07, 6.45) is 1.48. The van der Waals surface area contributed by atoms with Crippen LogP contribution in [-0.2, 0) is 4.79 Å². The SMILES string of the molecule is CC(C)(C)C(=O)Oc1ccc2c(c1)O/C(=C\c1cccc(F)c1)C2=O. The third-order valence-electron chi connectivity index (χ3n) is 3.61. The zero-order chi connectivity index (χ0) is 18.2. The highest BCUT2D eigenvalue weighted by atomic mass is 19.1. The molecular formula is C20H17FO4. The molecule has 0 spiro atoms. The minimum Gasteiger partial charge on any atom is -0.452 e. The van der Waals surface area contributed by atoms with E-state index in [0.29, 0.717) is 22.6 Å². The van der Waals surface area contributed by atoms with Gasteiger partial charge in [0.1, 0.15) is 17.3 Å². The largest absolute Gasteiger partial charge is 0.452 e. The number of carbonyl (C=O) groups excluding carboxylic acids is 2. The summed E-state index contributed by atoms with van der Waals surface area (Å²) in [6, 6.07) is 10.5. The number of fused-ring (bicyclic) bond motifs is 1. The van der Waals surface area contributed by atoms with Crippen LogP contribution >= 0.6 is 0 Å². The van der Waals surface area contributed by atoms with Gasteiger partial charge in [0.2, 0.25) is 5.78 Å². The van der Waals surface area contributed by atoms with Gasteiger partial charge >= 0.3 is 5.97 Å². The maximum atomic E-state index is 13.3. The summed E-state index contributed by atoms with van der Waals surface area (Å²) in [5.41, 5.74) is 0.256. The van der Waals surface area contributed by atoms with Crippen molar-refractivity contribution < 1.29 is 23.5 Å². The van der Waals surface area contributed by atoms with E-state index in [1.165, 1.54) is 24.3 Å². The van der Waals surface area contributed by atoms with Crippen molar-refractivity contribution in [1.29, 1.82) is 0 Å². The lowest BCUT2D eigenvalue weighted by atomic mass is 9.97. The van der Waals surface area contributed by atoms with Gasteiger partial charge in [0.05, 0.1) is 11.0 Å². The summed E-state index contributed by atoms with van der Waals surface area (Å²) in [5.74, 6) is -0.362. The molecule has 5 heteroatoms. The quantitative estimate of drug-likeness (QED) is 0.462. The first kappa shape index (κ1) is 16.9. The van der Waals surface area contributed by atoms with Gasteiger partial charge in [-0.2, -0.15) is 0 Å². The third kappa shape index (κ3) is 3.60. The molecule has 25 heavy (non-hydrogen) atoms. The van der Waals surface area contributed by atoms with Crippen molar-refractivity contribution in [3.63, 3.8) is 0 Å². The van der Waals surface area contributed by atoms with Crippen molar-refractivity contribution in [2.24, 2.45) is 5.41 Å². The van der Waals surface area contributed by atoms with Gasteiger partial charge in [-0.3, -0.25) is 9.59 Å². The number of rotatable bonds is 2. The first-order valence-electron chi connectivity index (χ1n) is 7.80. The summed E-state index contributed by atoms with van der Waals surface area (Å²) in [6.45, 7) is 5.26. The Kier molecular flexibility index (Phi) is 4.17. The van der Waals surface area contributed by atoms with Crippen molar-refractivity contribution in [3.05, 3.63) is 65.2 Å². The van der Waals surface area contributed by atoms with Gasteiger partial charge in [0, 0.05) is 6.07 Å². The molecule has 3 rings (SSSR count). The molecule has 0 bridgehead atoms. The van der Waals surface area contributed by atoms with Gasteiger partial charge in [-0.1, -0.05) is 12.1 Å². The van der Waals surface area contributed by atoms with Gasteiger partial charge in [-0.05, 0) is 56.7 Å². The zero-order valence-corrected chi connectivity index (χ0v) is 14.1. The Balaban J connectivity index is 1.85. The van der Waals surface area contributed by atoms with Crippen LogP contribution in [0.25, 0.3) is 6.08 Å². The minimum atomic E-state index is -0.641. The van der Waals surface area contributed by atoms with E-state index in [4.69, 9.17) is 9.47 Å². The molecule has 0 saturated carbocycles. The molecule has 0 N–H and O–H groups in total. The Hall–Kier alpha value is -2.95. The molecule has 1 aliphatic rings. The van der Waals surface area contributed by atoms with E-state index < -0.39 is 11.2 Å². The van der Waals surface area contributed by atoms with Crippen molar-refractivity contribution in [3.8, 4) is 11.5 Å². The highest BCUT2D eigenvalue weighted by molar-refractivity contribution is 6.14. The molecular weight excluding hydrogens is 323 g/mol. The Morgan fingerprint density at radius 3 is 2.60 bits per heavy atom. The molecule has 2 aromatic rings. The number of allylic oxidation sites excluding steroid dienone is 1. The molecule has 0 aliphatic carbocycles. The maximum Gasteiger partial charge on any atom is 0.316 e. The number of benzene rings is 2. The van der Waals surface area contributed by atoms with Gasteiger partial charge in [0.15, 0.2) is 5.76 Å². The van der Waals surface area contributed by atoms with Crippen LogP contribution in [0.15, 0.2) is 48.2 Å². The number of esters is 1. The molecule has 0 fully saturated rings. The first-order valence-corrected chi connectivity index (χ1v) is 7.80. The fourth-order valence-corrected chi connectivity index (χ4v) is 2.24. The lowest BCUT2D eigenvalue weighted by Crippen LogP contribution is -2.25. The smallest absolute Gasteiger partial charge is 0.316 e. The maximum absolute atomic E-state index is 13.3. The van der Waals surface area contributed by atoms with Gasteiger partial charge in [0.25, 0.3) is 0 Å². The second-order valence-corrected chi connectivity index (χ2v) is 6.79. The molecule has 1 aliphatic heterocycles. The molecule has 4 nitrogen and oxygen atoms in total. The van der Waals surface area contributed by atoms with E-state index >= 15 is 0 Å². The number of ether oxygens (including phenoxy) is 2. The fraction of sp³-hybridized carbons (Fsp3) is 0.200. The molecule has 0 radical (unpaired) electrons. The summed E-state index contributed by atoms with van der Waals surface area (Å²) >= 11 is 0. The third-order valence-corrected chi connectivity index (χ3v) is 3.61. The summed E-state index contributed by atoms with van der Waals surface area (Å²) < 4.78 is 24.1. The Morgan fingerprint density at radius 1 is 1.16 bits per heavy atom. The summed E-state index contributed by atoms with van der Waals surface area (Å²) in [5, 5.41) is 0. The Labute approximate surface area is 144 Å². The van der Waals surface area contributed by atoms with E-state index in [2.05, 4.69) is 0 Å². The number of Topliss-reactive ketones (excluding diaryl/α,β-unsaturated/α-hetero) is 1. The van der Waals surface area contributed by atoms with Gasteiger partial charge in [-0.25, -0.2) is 4.39 Å². The van der Waals surface area contributed by atoms with E-state index in [-0.39, 0.29) is 17.5 Å². The second kappa shape index (κ2) is 6.16. The van der Waals surface area contributed by atoms with Crippen LogP contribution < -0.4 is 9.47 Å². The van der Waals surface area contributed by atoms with Crippen LogP contribution in [0.3, 0.4) is 0 Å². The number of hydrogen-bond acceptors (Lipinski definition) is 4. The number of hydrogen-bond donors (Lipinski definition) is 0.